The van der Waals surface area contributed by atoms with Crippen LogP contribution in [-0.4, -0.2) is 82.7 Å². The standard InChI is InChI=1S/C15H27N3O2/c1-11(2)5-16-6-13-4-14(20)7-18(13)15(8-16)9-17(10-15)12(3)19/h11,13-14,20H,4-10H2,1-3H3. The van der Waals surface area contributed by atoms with Gasteiger partial charge < -0.3 is 10.0 Å². The Hall–Kier alpha value is -0.650. The molecule has 114 valence electrons. The van der Waals surface area contributed by atoms with Crippen LogP contribution in [0.3, 0.4) is 0 Å². The van der Waals surface area contributed by atoms with E-state index in [0.717, 1.165) is 45.7 Å². The third-order valence-corrected chi connectivity index (χ3v) is 5.03. The predicted octanol–water partition coefficient (Wildman–Crippen LogP) is -0.00590. The van der Waals surface area contributed by atoms with Gasteiger partial charge in [0.15, 0.2) is 0 Å². The van der Waals surface area contributed by atoms with Crippen LogP contribution in [0.1, 0.15) is 27.2 Å². The maximum Gasteiger partial charge on any atom is 0.219 e. The molecule has 0 bridgehead atoms. The van der Waals surface area contributed by atoms with Crippen molar-refractivity contribution in [1.82, 2.24) is 14.7 Å². The zero-order valence-corrected chi connectivity index (χ0v) is 12.9. The van der Waals surface area contributed by atoms with Gasteiger partial charge in [-0.05, 0) is 12.3 Å². The van der Waals surface area contributed by atoms with E-state index < -0.39 is 0 Å². The van der Waals surface area contributed by atoms with Crippen LogP contribution in [0.25, 0.3) is 0 Å². The molecule has 3 fully saturated rings. The van der Waals surface area contributed by atoms with Crippen LogP contribution < -0.4 is 0 Å². The van der Waals surface area contributed by atoms with Crippen molar-refractivity contribution in [3.8, 4) is 0 Å². The Labute approximate surface area is 121 Å². The Morgan fingerprint density at radius 2 is 2.00 bits per heavy atom. The van der Waals surface area contributed by atoms with Gasteiger partial charge in [0, 0.05) is 52.2 Å². The molecular formula is C15H27N3O2. The normalized spacial score (nSPS) is 33.5. The van der Waals surface area contributed by atoms with Gasteiger partial charge in [-0.1, -0.05) is 13.8 Å². The highest BCUT2D eigenvalue weighted by Crippen LogP contribution is 2.38. The van der Waals surface area contributed by atoms with Crippen LogP contribution in [0.2, 0.25) is 0 Å². The number of rotatable bonds is 2. The van der Waals surface area contributed by atoms with Gasteiger partial charge in [-0.3, -0.25) is 14.6 Å². The summed E-state index contributed by atoms with van der Waals surface area (Å²) in [4.78, 5) is 18.5. The molecule has 0 aromatic rings. The first-order valence-corrected chi connectivity index (χ1v) is 7.82. The molecule has 0 aromatic heterocycles. The van der Waals surface area contributed by atoms with Crippen LogP contribution >= 0.6 is 0 Å². The largest absolute Gasteiger partial charge is 0.392 e. The first kappa shape index (κ1) is 14.3. The molecule has 1 amide bonds. The number of hydrogen-bond acceptors (Lipinski definition) is 4. The molecular weight excluding hydrogens is 254 g/mol. The van der Waals surface area contributed by atoms with Crippen molar-refractivity contribution in [2.24, 2.45) is 5.92 Å². The highest BCUT2D eigenvalue weighted by Gasteiger charge is 2.56. The summed E-state index contributed by atoms with van der Waals surface area (Å²) in [6, 6.07) is 0.464. The smallest absolute Gasteiger partial charge is 0.219 e. The van der Waals surface area contributed by atoms with Gasteiger partial charge in [0.25, 0.3) is 0 Å². The molecule has 1 N–H and O–H groups in total. The van der Waals surface area contributed by atoms with Crippen LogP contribution in [0.15, 0.2) is 0 Å². The SMILES string of the molecule is CC(=O)N1CC2(CN(CC(C)C)CC3CC(O)CN32)C1. The molecule has 0 aliphatic carbocycles. The van der Waals surface area contributed by atoms with Gasteiger partial charge in [-0.2, -0.15) is 0 Å². The summed E-state index contributed by atoms with van der Waals surface area (Å²) < 4.78 is 0. The van der Waals surface area contributed by atoms with E-state index >= 15 is 0 Å². The van der Waals surface area contributed by atoms with Crippen LogP contribution in [-0.2, 0) is 4.79 Å². The van der Waals surface area contributed by atoms with Gasteiger partial charge in [0.2, 0.25) is 5.91 Å². The molecule has 1 spiro atoms. The van der Waals surface area contributed by atoms with Gasteiger partial charge in [0.1, 0.15) is 0 Å². The zero-order chi connectivity index (χ0) is 14.5. The summed E-state index contributed by atoms with van der Waals surface area (Å²) in [6.07, 6.45) is 0.693. The van der Waals surface area contributed by atoms with Crippen molar-refractivity contribution in [2.45, 2.75) is 44.9 Å². The van der Waals surface area contributed by atoms with E-state index in [1.54, 1.807) is 6.92 Å². The van der Waals surface area contributed by atoms with E-state index in [2.05, 4.69) is 23.6 Å². The lowest BCUT2D eigenvalue weighted by Crippen LogP contribution is -2.78. The van der Waals surface area contributed by atoms with Crippen molar-refractivity contribution in [1.29, 1.82) is 0 Å². The highest BCUT2D eigenvalue weighted by molar-refractivity contribution is 5.74. The Bertz CT molecular complexity index is 393. The molecule has 5 nitrogen and oxygen atoms in total. The molecule has 3 aliphatic heterocycles. The summed E-state index contributed by atoms with van der Waals surface area (Å²) in [5.41, 5.74) is 0.0982. The molecule has 2 atom stereocenters. The van der Waals surface area contributed by atoms with E-state index in [0.29, 0.717) is 12.0 Å². The minimum Gasteiger partial charge on any atom is -0.392 e. The van der Waals surface area contributed by atoms with E-state index in [4.69, 9.17) is 0 Å². The topological polar surface area (TPSA) is 47.0 Å². The van der Waals surface area contributed by atoms with E-state index in [9.17, 15) is 9.90 Å². The number of nitrogens with zero attached hydrogens (tertiary/aromatic N) is 3. The average molecular weight is 281 g/mol. The number of aliphatic hydroxyl groups is 1. The molecule has 0 aromatic carbocycles. The molecule has 3 aliphatic rings. The first-order chi connectivity index (χ1) is 9.39. The van der Waals surface area contributed by atoms with Crippen molar-refractivity contribution < 1.29 is 9.90 Å². The Morgan fingerprint density at radius 1 is 1.30 bits per heavy atom. The molecule has 20 heavy (non-hydrogen) atoms. The van der Waals surface area contributed by atoms with E-state index in [1.807, 2.05) is 4.90 Å². The van der Waals surface area contributed by atoms with E-state index in [1.165, 1.54) is 0 Å². The Kier molecular flexibility index (Phi) is 3.55. The molecule has 5 heteroatoms. The Morgan fingerprint density at radius 3 is 2.60 bits per heavy atom. The van der Waals surface area contributed by atoms with Crippen molar-refractivity contribution in [3.63, 3.8) is 0 Å². The predicted molar refractivity (Wildman–Crippen MR) is 77.4 cm³/mol. The summed E-state index contributed by atoms with van der Waals surface area (Å²) in [5, 5.41) is 10.0. The zero-order valence-electron chi connectivity index (χ0n) is 12.9. The maximum atomic E-state index is 11.5. The monoisotopic (exact) mass is 281 g/mol. The van der Waals surface area contributed by atoms with Gasteiger partial charge in [-0.25, -0.2) is 0 Å². The van der Waals surface area contributed by atoms with Crippen LogP contribution in [0.5, 0.6) is 0 Å². The lowest BCUT2D eigenvalue weighted by Gasteiger charge is -2.61. The number of hydrogen-bond donors (Lipinski definition) is 1. The van der Waals surface area contributed by atoms with Gasteiger partial charge in [-0.15, -0.1) is 0 Å². The summed E-state index contributed by atoms with van der Waals surface area (Å²) in [5.74, 6) is 0.835. The summed E-state index contributed by atoms with van der Waals surface area (Å²) in [7, 11) is 0. The molecule has 0 radical (unpaired) electrons. The van der Waals surface area contributed by atoms with Crippen molar-refractivity contribution in [3.05, 3.63) is 0 Å². The summed E-state index contributed by atoms with van der Waals surface area (Å²) in [6.45, 7) is 11.8. The highest BCUT2D eigenvalue weighted by atomic mass is 16.3. The molecule has 3 heterocycles. The number of aliphatic hydroxyl groups excluding tert-OH is 1. The Balaban J connectivity index is 1.74. The molecule has 3 saturated heterocycles. The molecule has 0 saturated carbocycles. The third kappa shape index (κ3) is 2.36. The van der Waals surface area contributed by atoms with Crippen molar-refractivity contribution >= 4 is 5.91 Å². The van der Waals surface area contributed by atoms with Crippen LogP contribution in [0, 0.1) is 5.92 Å². The van der Waals surface area contributed by atoms with Gasteiger partial charge in [0.05, 0.1) is 11.6 Å². The second kappa shape index (κ2) is 4.97. The average Bonchev–Trinajstić information content (AvgIpc) is 2.64. The second-order valence-electron chi connectivity index (χ2n) is 7.38. The fraction of sp³-hybridized carbons (Fsp3) is 0.933. The van der Waals surface area contributed by atoms with E-state index in [-0.39, 0.29) is 17.6 Å². The number of carbonyl (C=O) groups excluding carboxylic acids is 1. The number of piperazine rings is 1. The third-order valence-electron chi connectivity index (χ3n) is 5.03. The molecule has 2 unspecified atom stereocenters. The summed E-state index contributed by atoms with van der Waals surface area (Å²) >= 11 is 0. The lowest BCUT2D eigenvalue weighted by atomic mass is 9.83. The number of likely N-dealkylation sites (tertiary alicyclic amines) is 1. The number of amides is 1. The fourth-order valence-corrected chi connectivity index (χ4v) is 4.34. The van der Waals surface area contributed by atoms with Crippen LogP contribution in [0.4, 0.5) is 0 Å². The number of β-amino-alcohol motifs (C(OH)–C–C–N with tert-alkyl or cyclic N) is 1. The minimum absolute atomic E-state index is 0.0982. The van der Waals surface area contributed by atoms with Crippen molar-refractivity contribution in [2.75, 3.05) is 39.3 Å². The second-order valence-corrected chi connectivity index (χ2v) is 7.38. The first-order valence-electron chi connectivity index (χ1n) is 7.82. The fourth-order valence-electron chi connectivity index (χ4n) is 4.34. The minimum atomic E-state index is -0.192. The quantitative estimate of drug-likeness (QED) is 0.774. The van der Waals surface area contributed by atoms with Gasteiger partial charge >= 0.3 is 0 Å². The molecule has 3 rings (SSSR count). The maximum absolute atomic E-state index is 11.5. The number of carbonyl (C=O) groups is 1. The lowest BCUT2D eigenvalue weighted by molar-refractivity contribution is -0.154. The number of fused-ring (bicyclic) bond motifs is 2.